The minimum absolute atomic E-state index is 0.0820. The number of aliphatic imine (C=N–C) groups is 1. The molecular formula is C25H25F6N3O3S. The van der Waals surface area contributed by atoms with Crippen molar-refractivity contribution in [3.8, 4) is 11.5 Å². The van der Waals surface area contributed by atoms with Gasteiger partial charge in [-0.05, 0) is 42.7 Å². The Kier molecular flexibility index (Phi) is 8.46. The van der Waals surface area contributed by atoms with Gasteiger partial charge in [0.2, 0.25) is 0 Å². The van der Waals surface area contributed by atoms with Crippen LogP contribution in [0.15, 0.2) is 41.4 Å². The second-order valence-corrected chi connectivity index (χ2v) is 9.93. The van der Waals surface area contributed by atoms with Crippen LogP contribution in [-0.4, -0.2) is 54.5 Å². The zero-order chi connectivity index (χ0) is 27.5. The molecule has 2 aliphatic rings. The van der Waals surface area contributed by atoms with E-state index in [1.54, 1.807) is 12.1 Å². The number of aryl methyl sites for hydroxylation is 1. The predicted octanol–water partition coefficient (Wildman–Crippen LogP) is 5.15. The van der Waals surface area contributed by atoms with Gasteiger partial charge in [-0.2, -0.15) is 31.3 Å². The van der Waals surface area contributed by atoms with Gasteiger partial charge < -0.3 is 19.7 Å². The molecule has 1 atom stereocenters. The number of ether oxygens (including phenoxy) is 2. The number of nitrogens with zero attached hydrogens (tertiary/aromatic N) is 2. The molecule has 0 bridgehead atoms. The van der Waals surface area contributed by atoms with Gasteiger partial charge in [0.1, 0.15) is 6.61 Å². The predicted molar refractivity (Wildman–Crippen MR) is 130 cm³/mol. The Morgan fingerprint density at radius 3 is 2.42 bits per heavy atom. The third kappa shape index (κ3) is 6.73. The van der Waals surface area contributed by atoms with E-state index in [1.165, 1.54) is 24.9 Å². The van der Waals surface area contributed by atoms with E-state index in [9.17, 15) is 31.1 Å². The molecular weight excluding hydrogens is 536 g/mol. The van der Waals surface area contributed by atoms with Crippen LogP contribution in [0.1, 0.15) is 28.7 Å². The number of carbonyl (C=O) groups excluding carboxylic acids is 1. The number of rotatable bonds is 7. The molecule has 1 amide bonds. The van der Waals surface area contributed by atoms with E-state index in [-0.39, 0.29) is 28.7 Å². The fourth-order valence-electron chi connectivity index (χ4n) is 4.14. The normalized spacial score (nSPS) is 18.5. The molecule has 1 fully saturated rings. The van der Waals surface area contributed by atoms with Gasteiger partial charge in [-0.25, -0.2) is 0 Å². The van der Waals surface area contributed by atoms with Gasteiger partial charge in [-0.15, -0.1) is 0 Å². The molecule has 13 heteroatoms. The Labute approximate surface area is 219 Å². The summed E-state index contributed by atoms with van der Waals surface area (Å²) in [7, 11) is 1.37. The van der Waals surface area contributed by atoms with Crippen LogP contribution >= 0.6 is 11.8 Å². The van der Waals surface area contributed by atoms with Crippen molar-refractivity contribution in [1.29, 1.82) is 0 Å². The lowest BCUT2D eigenvalue weighted by atomic mass is 10.0. The lowest BCUT2D eigenvalue weighted by Crippen LogP contribution is -2.45. The fraction of sp³-hybridized carbons (Fsp3) is 0.440. The molecule has 2 aromatic rings. The number of hydrogen-bond donors (Lipinski definition) is 1. The number of halogens is 6. The summed E-state index contributed by atoms with van der Waals surface area (Å²) in [5.41, 5.74) is -2.42. The molecule has 0 spiro atoms. The SMILES string of the molecule is COc1cc(CCC2SC(N3CCNCC3)=NC2=O)ccc1OCc1ccc(C(F)(F)F)cc1C(F)(F)F. The zero-order valence-corrected chi connectivity index (χ0v) is 21.1. The van der Waals surface area contributed by atoms with Gasteiger partial charge in [0.25, 0.3) is 5.91 Å². The Morgan fingerprint density at radius 2 is 1.76 bits per heavy atom. The maximum atomic E-state index is 13.4. The van der Waals surface area contributed by atoms with Crippen LogP contribution in [0.5, 0.6) is 11.5 Å². The van der Waals surface area contributed by atoms with Crippen molar-refractivity contribution in [2.45, 2.75) is 37.1 Å². The summed E-state index contributed by atoms with van der Waals surface area (Å²) in [6.07, 6.45) is -8.83. The van der Waals surface area contributed by atoms with Gasteiger partial charge in [-0.3, -0.25) is 4.79 Å². The van der Waals surface area contributed by atoms with Crippen LogP contribution in [0.3, 0.4) is 0 Å². The van der Waals surface area contributed by atoms with E-state index in [0.717, 1.165) is 43.0 Å². The Balaban J connectivity index is 1.39. The minimum Gasteiger partial charge on any atom is -0.493 e. The van der Waals surface area contributed by atoms with Gasteiger partial charge in [0.05, 0.1) is 23.5 Å². The first kappa shape index (κ1) is 28.1. The van der Waals surface area contributed by atoms with Gasteiger partial charge >= 0.3 is 12.4 Å². The summed E-state index contributed by atoms with van der Waals surface area (Å²) in [4.78, 5) is 18.7. The number of thioether (sulfide) groups is 1. The highest BCUT2D eigenvalue weighted by Crippen LogP contribution is 2.38. The van der Waals surface area contributed by atoms with E-state index in [1.807, 2.05) is 0 Å². The first-order valence-corrected chi connectivity index (χ1v) is 12.7. The van der Waals surface area contributed by atoms with E-state index >= 15 is 0 Å². The molecule has 2 aromatic carbocycles. The van der Waals surface area contributed by atoms with Crippen LogP contribution in [0.4, 0.5) is 26.3 Å². The number of methoxy groups -OCH3 is 1. The van der Waals surface area contributed by atoms with E-state index < -0.39 is 35.6 Å². The summed E-state index contributed by atoms with van der Waals surface area (Å²) in [6, 6.07) is 6.33. The second-order valence-electron chi connectivity index (χ2n) is 8.76. The lowest BCUT2D eigenvalue weighted by Gasteiger charge is -2.28. The number of alkyl halides is 6. The summed E-state index contributed by atoms with van der Waals surface area (Å²) in [6.45, 7) is 2.65. The molecule has 1 N–H and O–H groups in total. The number of nitrogens with one attached hydrogen (secondary N) is 1. The van der Waals surface area contributed by atoms with Crippen LogP contribution in [0.25, 0.3) is 0 Å². The maximum absolute atomic E-state index is 13.4. The second kappa shape index (κ2) is 11.4. The van der Waals surface area contributed by atoms with E-state index in [0.29, 0.717) is 18.9 Å². The van der Waals surface area contributed by atoms with Crippen LogP contribution < -0.4 is 14.8 Å². The van der Waals surface area contributed by atoms with Crippen molar-refractivity contribution in [3.63, 3.8) is 0 Å². The first-order valence-electron chi connectivity index (χ1n) is 11.8. The summed E-state index contributed by atoms with van der Waals surface area (Å²) in [5, 5.41) is 3.69. The molecule has 0 radical (unpaired) electrons. The van der Waals surface area contributed by atoms with Crippen LogP contribution in [-0.2, 0) is 30.2 Å². The first-order chi connectivity index (χ1) is 18.0. The average Bonchev–Trinajstić information content (AvgIpc) is 3.26. The van der Waals surface area contributed by atoms with Crippen molar-refractivity contribution >= 4 is 22.8 Å². The molecule has 1 saturated heterocycles. The Morgan fingerprint density at radius 1 is 1.03 bits per heavy atom. The number of hydrogen-bond acceptors (Lipinski definition) is 6. The van der Waals surface area contributed by atoms with E-state index in [2.05, 4.69) is 15.2 Å². The van der Waals surface area contributed by atoms with Crippen molar-refractivity contribution < 1.29 is 40.6 Å². The summed E-state index contributed by atoms with van der Waals surface area (Å²) in [5.74, 6) is 0.221. The fourth-order valence-corrected chi connectivity index (χ4v) is 5.25. The molecule has 0 aromatic heterocycles. The van der Waals surface area contributed by atoms with Gasteiger partial charge in [0, 0.05) is 31.7 Å². The molecule has 1 unspecified atom stereocenters. The molecule has 6 nitrogen and oxygen atoms in total. The molecule has 2 aliphatic heterocycles. The minimum atomic E-state index is -4.99. The quantitative estimate of drug-likeness (QED) is 0.472. The van der Waals surface area contributed by atoms with Crippen LogP contribution in [0.2, 0.25) is 0 Å². The Hall–Kier alpha value is -2.93. The summed E-state index contributed by atoms with van der Waals surface area (Å²) >= 11 is 1.45. The Bertz CT molecular complexity index is 1200. The molecule has 4 rings (SSSR count). The maximum Gasteiger partial charge on any atom is 0.416 e. The third-order valence-electron chi connectivity index (χ3n) is 6.17. The van der Waals surface area contributed by atoms with Crippen molar-refractivity contribution in [2.75, 3.05) is 33.3 Å². The monoisotopic (exact) mass is 561 g/mol. The van der Waals surface area contributed by atoms with Gasteiger partial charge in [-0.1, -0.05) is 23.9 Å². The van der Waals surface area contributed by atoms with Gasteiger partial charge in [0.15, 0.2) is 16.7 Å². The van der Waals surface area contributed by atoms with Crippen molar-refractivity contribution in [1.82, 2.24) is 10.2 Å². The highest BCUT2D eigenvalue weighted by Gasteiger charge is 2.38. The lowest BCUT2D eigenvalue weighted by molar-refractivity contribution is -0.143. The topological polar surface area (TPSA) is 63.2 Å². The third-order valence-corrected chi connectivity index (χ3v) is 7.45. The smallest absolute Gasteiger partial charge is 0.416 e. The van der Waals surface area contributed by atoms with E-state index in [4.69, 9.17) is 9.47 Å². The van der Waals surface area contributed by atoms with Crippen molar-refractivity contribution in [3.05, 3.63) is 58.7 Å². The average molecular weight is 562 g/mol. The number of carbonyl (C=O) groups is 1. The molecule has 0 aliphatic carbocycles. The highest BCUT2D eigenvalue weighted by atomic mass is 32.2. The van der Waals surface area contributed by atoms with Crippen LogP contribution in [0, 0.1) is 0 Å². The molecule has 0 saturated carbocycles. The standard InChI is InChI=1S/C25H25F6N3O3S/c1-36-20-12-15(3-7-21-22(35)33-23(38-21)34-10-8-32-9-11-34)2-6-19(20)37-14-16-4-5-17(24(26,27)28)13-18(16)25(29,30)31/h2,4-6,12-13,21,32H,3,7-11,14H2,1H3. The molecule has 2 heterocycles. The largest absolute Gasteiger partial charge is 0.493 e. The van der Waals surface area contributed by atoms with Crippen molar-refractivity contribution in [2.24, 2.45) is 4.99 Å². The molecule has 206 valence electrons. The number of amidine groups is 1. The molecule has 38 heavy (non-hydrogen) atoms. The number of amides is 1. The number of benzene rings is 2. The summed E-state index contributed by atoms with van der Waals surface area (Å²) < 4.78 is 89.9. The highest BCUT2D eigenvalue weighted by molar-refractivity contribution is 8.15. The zero-order valence-electron chi connectivity index (χ0n) is 20.3. The number of piperazine rings is 1.